The van der Waals surface area contributed by atoms with Gasteiger partial charge in [0.15, 0.2) is 0 Å². The van der Waals surface area contributed by atoms with Crippen LogP contribution in [0.4, 0.5) is 17.5 Å². The van der Waals surface area contributed by atoms with Crippen molar-refractivity contribution in [2.45, 2.75) is 13.3 Å². The van der Waals surface area contributed by atoms with E-state index in [0.29, 0.717) is 0 Å². The van der Waals surface area contributed by atoms with Gasteiger partial charge in [0.1, 0.15) is 23.8 Å². The van der Waals surface area contributed by atoms with Crippen LogP contribution in [0.2, 0.25) is 0 Å². The minimum atomic E-state index is 0.729. The van der Waals surface area contributed by atoms with Gasteiger partial charge in [-0.1, -0.05) is 31.2 Å². The lowest BCUT2D eigenvalue weighted by molar-refractivity contribution is 0.965. The Hall–Kier alpha value is -2.69. The lowest BCUT2D eigenvalue weighted by atomic mass is 10.1. The van der Waals surface area contributed by atoms with E-state index in [0.717, 1.165) is 41.2 Å². The van der Waals surface area contributed by atoms with Crippen LogP contribution in [-0.2, 0) is 0 Å². The van der Waals surface area contributed by atoms with E-state index in [1.54, 1.807) is 12.5 Å². The summed E-state index contributed by atoms with van der Waals surface area (Å²) >= 11 is 0. The third kappa shape index (κ3) is 3.08. The van der Waals surface area contributed by atoms with Crippen LogP contribution in [0.1, 0.15) is 13.3 Å². The third-order valence-electron chi connectivity index (χ3n) is 3.14. The maximum atomic E-state index is 4.40. The molecule has 106 valence electrons. The van der Waals surface area contributed by atoms with Crippen molar-refractivity contribution in [1.29, 1.82) is 0 Å². The molecular weight excluding hydrogens is 262 g/mol. The van der Waals surface area contributed by atoms with Crippen molar-refractivity contribution >= 4 is 28.2 Å². The number of fused-ring (bicyclic) bond motifs is 1. The number of benzene rings is 1. The molecule has 0 amide bonds. The molecule has 0 spiro atoms. The van der Waals surface area contributed by atoms with Gasteiger partial charge in [-0.3, -0.25) is 0 Å². The maximum absolute atomic E-state index is 4.40. The number of nitrogens with one attached hydrogen (secondary N) is 2. The van der Waals surface area contributed by atoms with E-state index in [1.165, 1.54) is 0 Å². The molecule has 5 heteroatoms. The number of aromatic nitrogens is 3. The molecule has 0 aliphatic rings. The monoisotopic (exact) mass is 279 g/mol. The fourth-order valence-electron chi connectivity index (χ4n) is 2.12. The molecule has 0 radical (unpaired) electrons. The average Bonchev–Trinajstić information content (AvgIpc) is 2.54. The lowest BCUT2D eigenvalue weighted by Crippen LogP contribution is -2.04. The van der Waals surface area contributed by atoms with E-state index in [2.05, 4.69) is 38.6 Å². The van der Waals surface area contributed by atoms with Gasteiger partial charge in [0.05, 0.1) is 0 Å². The summed E-state index contributed by atoms with van der Waals surface area (Å²) in [5.74, 6) is 2.34. The van der Waals surface area contributed by atoms with Gasteiger partial charge >= 0.3 is 0 Å². The van der Waals surface area contributed by atoms with Crippen LogP contribution in [-0.4, -0.2) is 21.5 Å². The topological polar surface area (TPSA) is 62.7 Å². The minimum Gasteiger partial charge on any atom is -0.370 e. The van der Waals surface area contributed by atoms with E-state index in [1.807, 2.05) is 30.3 Å². The zero-order valence-electron chi connectivity index (χ0n) is 11.9. The molecule has 2 heterocycles. The second-order valence-corrected chi connectivity index (χ2v) is 4.72. The normalized spacial score (nSPS) is 10.5. The van der Waals surface area contributed by atoms with Gasteiger partial charge in [-0.15, -0.1) is 0 Å². The molecule has 3 aromatic rings. The summed E-state index contributed by atoms with van der Waals surface area (Å²) in [7, 11) is 0. The number of pyridine rings is 1. The molecule has 3 rings (SSSR count). The molecule has 5 nitrogen and oxygen atoms in total. The fraction of sp³-hybridized carbons (Fsp3) is 0.188. The SMILES string of the molecule is CCCNc1cc(Nc2nccc3ccccc23)ncn1. The molecule has 0 aliphatic heterocycles. The third-order valence-corrected chi connectivity index (χ3v) is 3.14. The molecule has 2 N–H and O–H groups in total. The molecule has 0 saturated heterocycles. The van der Waals surface area contributed by atoms with Crippen molar-refractivity contribution in [3.8, 4) is 0 Å². The Bertz CT molecular complexity index is 736. The second kappa shape index (κ2) is 6.17. The zero-order valence-corrected chi connectivity index (χ0v) is 11.9. The van der Waals surface area contributed by atoms with E-state index >= 15 is 0 Å². The van der Waals surface area contributed by atoms with Crippen LogP contribution >= 0.6 is 0 Å². The molecule has 0 saturated carbocycles. The second-order valence-electron chi connectivity index (χ2n) is 4.72. The largest absolute Gasteiger partial charge is 0.370 e. The highest BCUT2D eigenvalue weighted by Gasteiger charge is 2.04. The lowest BCUT2D eigenvalue weighted by Gasteiger charge is -2.09. The van der Waals surface area contributed by atoms with Crippen molar-refractivity contribution in [1.82, 2.24) is 15.0 Å². The van der Waals surface area contributed by atoms with Gasteiger partial charge in [-0.05, 0) is 17.9 Å². The molecule has 2 aromatic heterocycles. The molecular formula is C16H17N5. The first-order valence-electron chi connectivity index (χ1n) is 7.03. The van der Waals surface area contributed by atoms with Gasteiger partial charge < -0.3 is 10.6 Å². The van der Waals surface area contributed by atoms with Crippen LogP contribution < -0.4 is 10.6 Å². The van der Waals surface area contributed by atoms with Crippen LogP contribution in [0.3, 0.4) is 0 Å². The molecule has 0 aliphatic carbocycles. The first-order valence-corrected chi connectivity index (χ1v) is 7.03. The molecule has 0 fully saturated rings. The van der Waals surface area contributed by atoms with Crippen LogP contribution in [0, 0.1) is 0 Å². The van der Waals surface area contributed by atoms with Gasteiger partial charge in [0.2, 0.25) is 0 Å². The van der Waals surface area contributed by atoms with E-state index in [-0.39, 0.29) is 0 Å². The van der Waals surface area contributed by atoms with Gasteiger partial charge in [-0.25, -0.2) is 15.0 Å². The Morgan fingerprint density at radius 2 is 1.86 bits per heavy atom. The van der Waals surface area contributed by atoms with Crippen molar-refractivity contribution in [2.75, 3.05) is 17.2 Å². The molecule has 0 bridgehead atoms. The van der Waals surface area contributed by atoms with E-state index in [4.69, 9.17) is 0 Å². The van der Waals surface area contributed by atoms with Gasteiger partial charge in [0.25, 0.3) is 0 Å². The number of anilines is 3. The Morgan fingerprint density at radius 3 is 2.76 bits per heavy atom. The van der Waals surface area contributed by atoms with Crippen molar-refractivity contribution in [3.63, 3.8) is 0 Å². The number of nitrogens with zero attached hydrogens (tertiary/aromatic N) is 3. The Balaban J connectivity index is 1.88. The fourth-order valence-corrected chi connectivity index (χ4v) is 2.12. The Labute approximate surface area is 123 Å². The molecule has 1 aromatic carbocycles. The smallest absolute Gasteiger partial charge is 0.139 e. The summed E-state index contributed by atoms with van der Waals surface area (Å²) in [4.78, 5) is 12.8. The van der Waals surface area contributed by atoms with Crippen LogP contribution in [0.25, 0.3) is 10.8 Å². The number of rotatable bonds is 5. The molecule has 21 heavy (non-hydrogen) atoms. The first kappa shape index (κ1) is 13.3. The first-order chi connectivity index (χ1) is 10.4. The average molecular weight is 279 g/mol. The highest BCUT2D eigenvalue weighted by atomic mass is 15.1. The standard InChI is InChI=1S/C16H17N5/c1-2-8-17-14-10-15(20-11-19-14)21-16-13-6-4-3-5-12(13)7-9-18-16/h3-7,9-11H,2,8H2,1H3,(H2,17,18,19,20,21). The number of hydrogen-bond donors (Lipinski definition) is 2. The molecule has 0 atom stereocenters. The highest BCUT2D eigenvalue weighted by Crippen LogP contribution is 2.23. The number of hydrogen-bond acceptors (Lipinski definition) is 5. The van der Waals surface area contributed by atoms with Crippen molar-refractivity contribution < 1.29 is 0 Å². The summed E-state index contributed by atoms with van der Waals surface area (Å²) in [5.41, 5.74) is 0. The quantitative estimate of drug-likeness (QED) is 0.747. The van der Waals surface area contributed by atoms with Crippen LogP contribution in [0.15, 0.2) is 48.9 Å². The summed E-state index contributed by atoms with van der Waals surface area (Å²) in [6.45, 7) is 3.01. The van der Waals surface area contributed by atoms with Crippen molar-refractivity contribution in [2.24, 2.45) is 0 Å². The Morgan fingerprint density at radius 1 is 1.00 bits per heavy atom. The Kier molecular flexibility index (Phi) is 3.91. The predicted octanol–water partition coefficient (Wildman–Crippen LogP) is 3.59. The van der Waals surface area contributed by atoms with Crippen molar-refractivity contribution in [3.05, 3.63) is 48.9 Å². The molecule has 0 unspecified atom stereocenters. The van der Waals surface area contributed by atoms with E-state index < -0.39 is 0 Å². The minimum absolute atomic E-state index is 0.729. The zero-order chi connectivity index (χ0) is 14.5. The summed E-state index contributed by atoms with van der Waals surface area (Å²) < 4.78 is 0. The summed E-state index contributed by atoms with van der Waals surface area (Å²) in [5, 5.41) is 8.73. The van der Waals surface area contributed by atoms with Gasteiger partial charge in [-0.2, -0.15) is 0 Å². The summed E-state index contributed by atoms with van der Waals surface area (Å²) in [6, 6.07) is 12.0. The maximum Gasteiger partial charge on any atom is 0.139 e. The van der Waals surface area contributed by atoms with Crippen LogP contribution in [0.5, 0.6) is 0 Å². The van der Waals surface area contributed by atoms with E-state index in [9.17, 15) is 0 Å². The van der Waals surface area contributed by atoms with Gasteiger partial charge in [0, 0.05) is 24.2 Å². The predicted molar refractivity (Wildman–Crippen MR) is 85.8 cm³/mol. The summed E-state index contributed by atoms with van der Waals surface area (Å²) in [6.07, 6.45) is 4.39. The highest BCUT2D eigenvalue weighted by molar-refractivity contribution is 5.92.